The third kappa shape index (κ3) is 3.10. The highest BCUT2D eigenvalue weighted by molar-refractivity contribution is 9.10. The van der Waals surface area contributed by atoms with E-state index in [1.165, 1.54) is 11.8 Å². The van der Waals surface area contributed by atoms with Crippen LogP contribution in [0.2, 0.25) is 5.02 Å². The molecule has 2 aromatic heterocycles. The normalized spacial score (nSPS) is 10.7. The summed E-state index contributed by atoms with van der Waals surface area (Å²) in [6.45, 7) is 0. The van der Waals surface area contributed by atoms with Crippen LogP contribution in [-0.2, 0) is 0 Å². The van der Waals surface area contributed by atoms with E-state index in [0.29, 0.717) is 5.02 Å². The van der Waals surface area contributed by atoms with Gasteiger partial charge in [-0.05, 0) is 40.0 Å². The largest absolute Gasteiger partial charge is 0.247 e. The maximum Gasteiger partial charge on any atom is 0.181 e. The minimum atomic E-state index is 0.610. The summed E-state index contributed by atoms with van der Waals surface area (Å²) >= 11 is 13.8. The lowest BCUT2D eigenvalue weighted by atomic mass is 10.5. The molecule has 0 aliphatic heterocycles. The lowest BCUT2D eigenvalue weighted by Gasteiger charge is -1.99. The van der Waals surface area contributed by atoms with E-state index in [1.54, 1.807) is 29.3 Å². The summed E-state index contributed by atoms with van der Waals surface area (Å²) < 4.78 is 2.69. The highest BCUT2D eigenvalue weighted by Gasteiger charge is 2.09. The Morgan fingerprint density at radius 3 is 2.75 bits per heavy atom. The third-order valence-corrected chi connectivity index (χ3v) is 5.56. The van der Waals surface area contributed by atoms with Crippen molar-refractivity contribution in [1.82, 2.24) is 15.2 Å². The predicted octanol–water partition coefficient (Wildman–Crippen LogP) is 4.22. The molecular weight excluding hydrogens is 350 g/mol. The Hall–Kier alpha value is 0.180. The van der Waals surface area contributed by atoms with E-state index in [-0.39, 0.29) is 0 Å². The summed E-state index contributed by atoms with van der Waals surface area (Å²) in [6.07, 6.45) is 3.59. The fourth-order valence-electron chi connectivity index (χ4n) is 0.881. The number of nitrogens with zero attached hydrogens (tertiary/aromatic N) is 3. The van der Waals surface area contributed by atoms with Crippen LogP contribution in [0.1, 0.15) is 0 Å². The van der Waals surface area contributed by atoms with Gasteiger partial charge in [0.05, 0.1) is 9.50 Å². The minimum absolute atomic E-state index is 0.610. The fraction of sp³-hybridized carbons (Fsp3) is 0.125. The van der Waals surface area contributed by atoms with Crippen LogP contribution in [0, 0.1) is 0 Å². The molecule has 0 fully saturated rings. The second-order valence-electron chi connectivity index (χ2n) is 2.58. The predicted molar refractivity (Wildman–Crippen MR) is 72.8 cm³/mol. The molecule has 0 aromatic carbocycles. The Balaban J connectivity index is 2.20. The molecule has 16 heavy (non-hydrogen) atoms. The molecule has 0 aliphatic carbocycles. The Labute approximate surface area is 119 Å². The van der Waals surface area contributed by atoms with Crippen molar-refractivity contribution in [2.45, 2.75) is 13.7 Å². The highest BCUT2D eigenvalue weighted by Crippen LogP contribution is 2.35. The van der Waals surface area contributed by atoms with Crippen molar-refractivity contribution in [3.8, 4) is 0 Å². The van der Waals surface area contributed by atoms with Gasteiger partial charge >= 0.3 is 0 Å². The van der Waals surface area contributed by atoms with Gasteiger partial charge in [0.25, 0.3) is 0 Å². The number of aromatic nitrogens is 3. The van der Waals surface area contributed by atoms with Crippen molar-refractivity contribution in [1.29, 1.82) is 0 Å². The van der Waals surface area contributed by atoms with Gasteiger partial charge in [0, 0.05) is 6.20 Å². The zero-order chi connectivity index (χ0) is 11.5. The van der Waals surface area contributed by atoms with Crippen LogP contribution >= 0.6 is 62.4 Å². The molecule has 8 heteroatoms. The molecule has 2 rings (SSSR count). The van der Waals surface area contributed by atoms with Gasteiger partial charge in [-0.25, -0.2) is 4.98 Å². The molecule has 84 valence electrons. The number of pyridine rings is 1. The number of halogens is 2. The zero-order valence-corrected chi connectivity index (χ0v) is 12.8. The summed E-state index contributed by atoms with van der Waals surface area (Å²) in [5, 5.41) is 9.53. The first-order valence-electron chi connectivity index (χ1n) is 4.05. The van der Waals surface area contributed by atoms with Crippen LogP contribution in [0.25, 0.3) is 0 Å². The summed E-state index contributed by atoms with van der Waals surface area (Å²) in [6, 6.07) is 1.81. The number of thioether (sulfide) groups is 1. The van der Waals surface area contributed by atoms with Gasteiger partial charge in [-0.2, -0.15) is 0 Å². The Morgan fingerprint density at radius 2 is 2.12 bits per heavy atom. The monoisotopic (exact) mass is 353 g/mol. The van der Waals surface area contributed by atoms with Crippen LogP contribution in [0.5, 0.6) is 0 Å². The van der Waals surface area contributed by atoms with E-state index in [0.717, 1.165) is 18.2 Å². The topological polar surface area (TPSA) is 38.7 Å². The molecule has 2 aromatic rings. The standard InChI is InChI=1S/C8H5BrClN3S3/c1-14-7-12-13-8(16-7)15-6-5(9)2-4(10)3-11-6/h2-3H,1H3. The fourth-order valence-corrected chi connectivity index (χ4v) is 4.07. The Kier molecular flexibility index (Phi) is 4.48. The van der Waals surface area contributed by atoms with Crippen molar-refractivity contribution in [3.05, 3.63) is 21.8 Å². The zero-order valence-electron chi connectivity index (χ0n) is 7.98. The van der Waals surface area contributed by atoms with Crippen LogP contribution in [0.4, 0.5) is 0 Å². The third-order valence-electron chi connectivity index (χ3n) is 1.52. The molecule has 0 amide bonds. The van der Waals surface area contributed by atoms with Gasteiger partial charge in [-0.3, -0.25) is 0 Å². The number of rotatable bonds is 3. The maximum atomic E-state index is 5.82. The second-order valence-corrected chi connectivity index (χ2v) is 7.14. The van der Waals surface area contributed by atoms with Gasteiger partial charge in [0.2, 0.25) is 0 Å². The van der Waals surface area contributed by atoms with Crippen molar-refractivity contribution in [2.75, 3.05) is 6.26 Å². The van der Waals surface area contributed by atoms with Crippen molar-refractivity contribution in [2.24, 2.45) is 0 Å². The van der Waals surface area contributed by atoms with E-state index in [1.807, 2.05) is 12.3 Å². The van der Waals surface area contributed by atoms with E-state index >= 15 is 0 Å². The van der Waals surface area contributed by atoms with Crippen molar-refractivity contribution < 1.29 is 0 Å². The number of hydrogen-bond acceptors (Lipinski definition) is 6. The average Bonchev–Trinajstić information content (AvgIpc) is 2.70. The van der Waals surface area contributed by atoms with Gasteiger partial charge in [-0.1, -0.05) is 34.7 Å². The summed E-state index contributed by atoms with van der Waals surface area (Å²) in [4.78, 5) is 4.22. The van der Waals surface area contributed by atoms with Crippen LogP contribution in [0.15, 0.2) is 30.4 Å². The van der Waals surface area contributed by atoms with E-state index in [2.05, 4.69) is 31.1 Å². The summed E-state index contributed by atoms with van der Waals surface area (Å²) in [5.74, 6) is 0. The molecule has 0 aliphatic rings. The Morgan fingerprint density at radius 1 is 1.38 bits per heavy atom. The molecular formula is C8H5BrClN3S3. The first-order chi connectivity index (χ1) is 7.69. The van der Waals surface area contributed by atoms with Gasteiger partial charge in [0.15, 0.2) is 8.68 Å². The molecule has 0 saturated heterocycles. The molecule has 0 N–H and O–H groups in total. The summed E-state index contributed by atoms with van der Waals surface area (Å²) in [7, 11) is 0. The summed E-state index contributed by atoms with van der Waals surface area (Å²) in [5.41, 5.74) is 0. The van der Waals surface area contributed by atoms with Crippen LogP contribution < -0.4 is 0 Å². The van der Waals surface area contributed by atoms with E-state index in [9.17, 15) is 0 Å². The molecule has 2 heterocycles. The lowest BCUT2D eigenvalue weighted by molar-refractivity contribution is 0.953. The van der Waals surface area contributed by atoms with Gasteiger partial charge in [0.1, 0.15) is 5.03 Å². The number of hydrogen-bond donors (Lipinski definition) is 0. The molecule has 0 unspecified atom stereocenters. The highest BCUT2D eigenvalue weighted by atomic mass is 79.9. The van der Waals surface area contributed by atoms with Crippen molar-refractivity contribution in [3.63, 3.8) is 0 Å². The first kappa shape index (κ1) is 12.6. The molecule has 0 saturated carbocycles. The molecule has 0 radical (unpaired) electrons. The SMILES string of the molecule is CSc1nnc(Sc2ncc(Cl)cc2Br)s1. The minimum Gasteiger partial charge on any atom is -0.247 e. The Bertz CT molecular complexity index is 505. The maximum absolute atomic E-state index is 5.82. The average molecular weight is 355 g/mol. The van der Waals surface area contributed by atoms with Crippen LogP contribution in [-0.4, -0.2) is 21.4 Å². The lowest BCUT2D eigenvalue weighted by Crippen LogP contribution is -1.81. The van der Waals surface area contributed by atoms with Gasteiger partial charge < -0.3 is 0 Å². The molecule has 3 nitrogen and oxygen atoms in total. The first-order valence-corrected chi connectivity index (χ1v) is 8.08. The molecule has 0 spiro atoms. The van der Waals surface area contributed by atoms with Crippen molar-refractivity contribution >= 4 is 62.4 Å². The second kappa shape index (κ2) is 5.68. The quantitative estimate of drug-likeness (QED) is 0.772. The van der Waals surface area contributed by atoms with Gasteiger partial charge in [-0.15, -0.1) is 10.2 Å². The van der Waals surface area contributed by atoms with Crippen LogP contribution in [0.3, 0.4) is 0 Å². The van der Waals surface area contributed by atoms with E-state index < -0.39 is 0 Å². The smallest absolute Gasteiger partial charge is 0.181 e. The van der Waals surface area contributed by atoms with E-state index in [4.69, 9.17) is 11.6 Å². The molecule has 0 bridgehead atoms. The molecule has 0 atom stereocenters.